The molecule has 1 heterocycles. The summed E-state index contributed by atoms with van der Waals surface area (Å²) in [6.07, 6.45) is 1.76. The van der Waals surface area contributed by atoms with Gasteiger partial charge < -0.3 is 10.6 Å². The van der Waals surface area contributed by atoms with Crippen molar-refractivity contribution in [3.05, 3.63) is 51.6 Å². The van der Waals surface area contributed by atoms with Crippen LogP contribution in [-0.2, 0) is 14.8 Å². The van der Waals surface area contributed by atoms with Gasteiger partial charge in [-0.05, 0) is 77.9 Å². The molecule has 0 aliphatic carbocycles. The number of anilines is 2. The van der Waals surface area contributed by atoms with Gasteiger partial charge in [0.05, 0.1) is 10.6 Å². The highest BCUT2D eigenvalue weighted by molar-refractivity contribution is 14.1. The minimum absolute atomic E-state index is 0.181. The molecule has 1 fully saturated rings. The van der Waals surface area contributed by atoms with Crippen LogP contribution < -0.4 is 10.6 Å². The van der Waals surface area contributed by atoms with Crippen LogP contribution in [0.5, 0.6) is 0 Å². The van der Waals surface area contributed by atoms with Crippen molar-refractivity contribution >= 4 is 55.8 Å². The van der Waals surface area contributed by atoms with Crippen LogP contribution in [0.2, 0.25) is 0 Å². The SMILES string of the molecule is CC(=O)Nc1ccc(C(=O)Nc2ccc(S(=O)(=O)N3CCCC3)cc2)cc1I. The van der Waals surface area contributed by atoms with Gasteiger partial charge in [-0.3, -0.25) is 9.59 Å². The van der Waals surface area contributed by atoms with Gasteiger partial charge in [0.25, 0.3) is 5.91 Å². The van der Waals surface area contributed by atoms with E-state index in [1.165, 1.54) is 23.4 Å². The highest BCUT2D eigenvalue weighted by atomic mass is 127. The van der Waals surface area contributed by atoms with E-state index in [0.29, 0.717) is 30.0 Å². The van der Waals surface area contributed by atoms with E-state index < -0.39 is 10.0 Å². The predicted molar refractivity (Wildman–Crippen MR) is 116 cm³/mol. The number of carbonyl (C=O) groups excluding carboxylic acids is 2. The minimum atomic E-state index is -3.47. The molecule has 7 nitrogen and oxygen atoms in total. The lowest BCUT2D eigenvalue weighted by molar-refractivity contribution is -0.114. The summed E-state index contributed by atoms with van der Waals surface area (Å²) in [7, 11) is -3.47. The normalized spacial score (nSPS) is 14.6. The number of rotatable bonds is 5. The minimum Gasteiger partial charge on any atom is -0.325 e. The molecule has 1 saturated heterocycles. The van der Waals surface area contributed by atoms with Crippen molar-refractivity contribution in [3.8, 4) is 0 Å². The van der Waals surface area contributed by atoms with E-state index in [0.717, 1.165) is 16.4 Å². The number of carbonyl (C=O) groups is 2. The molecule has 1 aliphatic rings. The van der Waals surface area contributed by atoms with E-state index in [9.17, 15) is 18.0 Å². The molecule has 0 atom stereocenters. The smallest absolute Gasteiger partial charge is 0.255 e. The largest absolute Gasteiger partial charge is 0.325 e. The van der Waals surface area contributed by atoms with Crippen LogP contribution >= 0.6 is 22.6 Å². The molecule has 1 aliphatic heterocycles. The number of nitrogens with zero attached hydrogens (tertiary/aromatic N) is 1. The first-order chi connectivity index (χ1) is 13.3. The lowest BCUT2D eigenvalue weighted by Crippen LogP contribution is -2.27. The van der Waals surface area contributed by atoms with Gasteiger partial charge in [0.1, 0.15) is 0 Å². The summed E-state index contributed by atoms with van der Waals surface area (Å²) in [6, 6.07) is 11.1. The first-order valence-electron chi connectivity index (χ1n) is 8.76. The summed E-state index contributed by atoms with van der Waals surface area (Å²) in [5.74, 6) is -0.499. The lowest BCUT2D eigenvalue weighted by Gasteiger charge is -2.15. The number of halogens is 1. The first kappa shape index (κ1) is 20.7. The van der Waals surface area contributed by atoms with Crippen LogP contribution in [0.3, 0.4) is 0 Å². The summed E-state index contributed by atoms with van der Waals surface area (Å²) in [5.41, 5.74) is 1.58. The Kier molecular flexibility index (Phi) is 6.36. The predicted octanol–water partition coefficient (Wildman–Crippen LogP) is 3.29. The Balaban J connectivity index is 1.71. The van der Waals surface area contributed by atoms with Crippen LogP contribution in [0.1, 0.15) is 30.1 Å². The average molecular weight is 513 g/mol. The third kappa shape index (κ3) is 4.70. The molecule has 2 aromatic carbocycles. The molecule has 9 heteroatoms. The summed E-state index contributed by atoms with van der Waals surface area (Å²) >= 11 is 2.05. The van der Waals surface area contributed by atoms with E-state index in [4.69, 9.17) is 0 Å². The van der Waals surface area contributed by atoms with Gasteiger partial charge in [0, 0.05) is 34.8 Å². The monoisotopic (exact) mass is 513 g/mol. The van der Waals surface area contributed by atoms with Gasteiger partial charge in [-0.15, -0.1) is 0 Å². The van der Waals surface area contributed by atoms with E-state index in [2.05, 4.69) is 10.6 Å². The molecule has 148 valence electrons. The Morgan fingerprint density at radius 2 is 1.64 bits per heavy atom. The molecule has 0 unspecified atom stereocenters. The second kappa shape index (κ2) is 8.58. The van der Waals surface area contributed by atoms with Crippen LogP contribution in [0, 0.1) is 3.57 Å². The summed E-state index contributed by atoms with van der Waals surface area (Å²) in [5, 5.41) is 5.45. The molecule has 3 rings (SSSR count). The summed E-state index contributed by atoms with van der Waals surface area (Å²) < 4.78 is 27.3. The van der Waals surface area contributed by atoms with Crippen molar-refractivity contribution in [1.82, 2.24) is 4.31 Å². The van der Waals surface area contributed by atoms with Gasteiger partial charge in [-0.1, -0.05) is 0 Å². The number of amides is 2. The Bertz CT molecular complexity index is 1000. The second-order valence-electron chi connectivity index (χ2n) is 6.47. The average Bonchev–Trinajstić information content (AvgIpc) is 3.19. The van der Waals surface area contributed by atoms with Crippen molar-refractivity contribution in [2.75, 3.05) is 23.7 Å². The molecule has 0 saturated carbocycles. The molecule has 0 aromatic heterocycles. The molecule has 0 spiro atoms. The maximum atomic E-state index is 12.5. The Hall–Kier alpha value is -1.98. The number of benzene rings is 2. The van der Waals surface area contributed by atoms with Crippen molar-refractivity contribution in [3.63, 3.8) is 0 Å². The first-order valence-corrected chi connectivity index (χ1v) is 11.3. The molecule has 0 radical (unpaired) electrons. The Labute approximate surface area is 177 Å². The zero-order valence-electron chi connectivity index (χ0n) is 15.2. The van der Waals surface area contributed by atoms with Crippen LogP contribution in [-0.4, -0.2) is 37.6 Å². The standard InChI is InChI=1S/C19H20IN3O4S/c1-13(24)21-18-9-4-14(12-17(18)20)19(25)22-15-5-7-16(8-6-15)28(26,27)23-10-2-3-11-23/h4-9,12H,2-3,10-11H2,1H3,(H,21,24)(H,22,25). The van der Waals surface area contributed by atoms with Gasteiger partial charge in [0.2, 0.25) is 15.9 Å². The Morgan fingerprint density at radius 3 is 2.21 bits per heavy atom. The highest BCUT2D eigenvalue weighted by Gasteiger charge is 2.26. The van der Waals surface area contributed by atoms with Crippen molar-refractivity contribution in [1.29, 1.82) is 0 Å². The Morgan fingerprint density at radius 1 is 1.00 bits per heavy atom. The van der Waals surface area contributed by atoms with Crippen molar-refractivity contribution in [2.24, 2.45) is 0 Å². The fourth-order valence-electron chi connectivity index (χ4n) is 2.94. The summed E-state index contributed by atoms with van der Waals surface area (Å²) in [4.78, 5) is 23.9. The summed E-state index contributed by atoms with van der Waals surface area (Å²) in [6.45, 7) is 2.52. The lowest BCUT2D eigenvalue weighted by atomic mass is 10.2. The zero-order chi connectivity index (χ0) is 20.3. The number of nitrogens with one attached hydrogen (secondary N) is 2. The zero-order valence-corrected chi connectivity index (χ0v) is 18.2. The van der Waals surface area contributed by atoms with E-state index >= 15 is 0 Å². The third-order valence-corrected chi connectivity index (χ3v) is 7.16. The molecule has 2 aromatic rings. The molecular formula is C19H20IN3O4S. The second-order valence-corrected chi connectivity index (χ2v) is 9.57. The molecule has 2 amide bonds. The molecule has 0 bridgehead atoms. The van der Waals surface area contributed by atoms with Gasteiger partial charge in [-0.25, -0.2) is 8.42 Å². The fourth-order valence-corrected chi connectivity index (χ4v) is 5.11. The van der Waals surface area contributed by atoms with Gasteiger partial charge in [-0.2, -0.15) is 4.31 Å². The topological polar surface area (TPSA) is 95.6 Å². The number of hydrogen-bond donors (Lipinski definition) is 2. The van der Waals surface area contributed by atoms with Crippen LogP contribution in [0.25, 0.3) is 0 Å². The third-order valence-electron chi connectivity index (χ3n) is 4.36. The van der Waals surface area contributed by atoms with Crippen molar-refractivity contribution in [2.45, 2.75) is 24.7 Å². The van der Waals surface area contributed by atoms with E-state index in [1.54, 1.807) is 30.3 Å². The maximum Gasteiger partial charge on any atom is 0.255 e. The molecule has 28 heavy (non-hydrogen) atoms. The fraction of sp³-hybridized carbons (Fsp3) is 0.263. The molecular weight excluding hydrogens is 493 g/mol. The quantitative estimate of drug-likeness (QED) is 0.600. The number of sulfonamides is 1. The number of hydrogen-bond acceptors (Lipinski definition) is 4. The van der Waals surface area contributed by atoms with Crippen LogP contribution in [0.15, 0.2) is 47.4 Å². The van der Waals surface area contributed by atoms with Gasteiger partial charge in [0.15, 0.2) is 0 Å². The van der Waals surface area contributed by atoms with Crippen LogP contribution in [0.4, 0.5) is 11.4 Å². The van der Waals surface area contributed by atoms with Crippen molar-refractivity contribution < 1.29 is 18.0 Å². The molecule has 2 N–H and O–H groups in total. The van der Waals surface area contributed by atoms with E-state index in [-0.39, 0.29) is 16.7 Å². The highest BCUT2D eigenvalue weighted by Crippen LogP contribution is 2.23. The van der Waals surface area contributed by atoms with Gasteiger partial charge >= 0.3 is 0 Å². The maximum absolute atomic E-state index is 12.5. The van der Waals surface area contributed by atoms with E-state index in [1.807, 2.05) is 22.6 Å².